The predicted octanol–water partition coefficient (Wildman–Crippen LogP) is 5.35. The number of hydrogen-bond donors (Lipinski definition) is 1. The van der Waals surface area contributed by atoms with Gasteiger partial charge in [0.1, 0.15) is 5.02 Å². The van der Waals surface area contributed by atoms with E-state index in [2.05, 4.69) is 15.5 Å². The van der Waals surface area contributed by atoms with Crippen LogP contribution in [0.15, 0.2) is 60.8 Å². The van der Waals surface area contributed by atoms with Crippen molar-refractivity contribution in [1.29, 1.82) is 0 Å². The van der Waals surface area contributed by atoms with E-state index < -0.39 is 0 Å². The van der Waals surface area contributed by atoms with E-state index in [0.717, 1.165) is 22.5 Å². The van der Waals surface area contributed by atoms with Gasteiger partial charge < -0.3 is 5.32 Å². The van der Waals surface area contributed by atoms with Crippen molar-refractivity contribution in [3.05, 3.63) is 98.9 Å². The van der Waals surface area contributed by atoms with E-state index in [9.17, 15) is 4.79 Å². The zero-order chi connectivity index (χ0) is 22.0. The van der Waals surface area contributed by atoms with E-state index in [1.165, 1.54) is 0 Å². The maximum absolute atomic E-state index is 12.7. The van der Waals surface area contributed by atoms with E-state index in [4.69, 9.17) is 23.2 Å². The lowest BCUT2D eigenvalue weighted by Gasteiger charge is -2.07. The lowest BCUT2D eigenvalue weighted by molar-refractivity contribution is 0.102. The van der Waals surface area contributed by atoms with E-state index in [1.807, 2.05) is 61.0 Å². The highest BCUT2D eigenvalue weighted by atomic mass is 35.5. The van der Waals surface area contributed by atoms with Crippen LogP contribution in [-0.4, -0.2) is 25.5 Å². The largest absolute Gasteiger partial charge is 0.304 e. The first-order chi connectivity index (χ1) is 14.9. The summed E-state index contributed by atoms with van der Waals surface area (Å²) in [7, 11) is 0. The Bertz CT molecular complexity index is 1230. The first kappa shape index (κ1) is 21.2. The molecule has 0 aliphatic carbocycles. The van der Waals surface area contributed by atoms with Crippen LogP contribution in [0.2, 0.25) is 10.0 Å². The van der Waals surface area contributed by atoms with Gasteiger partial charge in [0.05, 0.1) is 18.8 Å². The van der Waals surface area contributed by atoms with Crippen LogP contribution < -0.4 is 5.32 Å². The van der Waals surface area contributed by atoms with Crippen molar-refractivity contribution in [3.63, 3.8) is 0 Å². The van der Waals surface area contributed by atoms with Crippen LogP contribution >= 0.6 is 23.2 Å². The van der Waals surface area contributed by atoms with Gasteiger partial charge in [0, 0.05) is 22.5 Å². The number of hydrogen-bond acceptors (Lipinski definition) is 3. The molecule has 2 aromatic carbocycles. The first-order valence-corrected chi connectivity index (χ1v) is 10.5. The van der Waals surface area contributed by atoms with Gasteiger partial charge in [-0.2, -0.15) is 10.2 Å². The van der Waals surface area contributed by atoms with Crippen LogP contribution in [0.1, 0.15) is 32.9 Å². The Morgan fingerprint density at radius 3 is 2.39 bits per heavy atom. The van der Waals surface area contributed by atoms with Gasteiger partial charge in [0.2, 0.25) is 0 Å². The molecule has 0 aliphatic heterocycles. The minimum atomic E-state index is -0.275. The van der Waals surface area contributed by atoms with Gasteiger partial charge in [-0.15, -0.1) is 0 Å². The summed E-state index contributed by atoms with van der Waals surface area (Å²) in [6.07, 6.45) is 1.66. The Labute approximate surface area is 190 Å². The number of carbonyl (C=O) groups excluding carboxylic acids is 1. The number of aromatic nitrogens is 4. The summed E-state index contributed by atoms with van der Waals surface area (Å²) in [4.78, 5) is 12.7. The molecule has 31 heavy (non-hydrogen) atoms. The van der Waals surface area contributed by atoms with Crippen LogP contribution in [0.5, 0.6) is 0 Å². The molecule has 2 heterocycles. The molecular weight excluding hydrogens is 433 g/mol. The van der Waals surface area contributed by atoms with Gasteiger partial charge >= 0.3 is 0 Å². The zero-order valence-electron chi connectivity index (χ0n) is 17.1. The van der Waals surface area contributed by atoms with Crippen molar-refractivity contribution < 1.29 is 4.79 Å². The van der Waals surface area contributed by atoms with Gasteiger partial charge in [-0.3, -0.25) is 14.2 Å². The summed E-state index contributed by atoms with van der Waals surface area (Å²) < 4.78 is 3.59. The third kappa shape index (κ3) is 4.98. The minimum absolute atomic E-state index is 0.275. The molecule has 0 aliphatic rings. The van der Waals surface area contributed by atoms with Crippen LogP contribution in [0.3, 0.4) is 0 Å². The molecule has 0 saturated carbocycles. The van der Waals surface area contributed by atoms with Crippen molar-refractivity contribution in [2.24, 2.45) is 0 Å². The fourth-order valence-electron chi connectivity index (χ4n) is 3.31. The molecule has 0 radical (unpaired) electrons. The SMILES string of the molecule is Cc1cc(C)n(Cc2ccc(C(=O)Nc3nn(Cc4ccccc4Cl)cc3Cl)cc2)n1. The molecule has 1 amide bonds. The molecule has 0 atom stereocenters. The highest BCUT2D eigenvalue weighted by Gasteiger charge is 2.13. The highest BCUT2D eigenvalue weighted by molar-refractivity contribution is 6.33. The topological polar surface area (TPSA) is 64.7 Å². The van der Waals surface area contributed by atoms with Gasteiger partial charge in [0.25, 0.3) is 5.91 Å². The van der Waals surface area contributed by atoms with Crippen LogP contribution in [-0.2, 0) is 13.1 Å². The summed E-state index contributed by atoms with van der Waals surface area (Å²) in [5.41, 5.74) is 4.58. The number of aryl methyl sites for hydroxylation is 2. The number of anilines is 1. The van der Waals surface area contributed by atoms with Gasteiger partial charge in [-0.1, -0.05) is 53.5 Å². The molecule has 0 spiro atoms. The van der Waals surface area contributed by atoms with E-state index in [-0.39, 0.29) is 5.91 Å². The van der Waals surface area contributed by atoms with Gasteiger partial charge in [-0.05, 0) is 49.2 Å². The average molecular weight is 454 g/mol. The second-order valence-electron chi connectivity index (χ2n) is 7.35. The molecule has 0 bridgehead atoms. The number of amides is 1. The maximum atomic E-state index is 12.7. The third-order valence-corrected chi connectivity index (χ3v) is 5.54. The number of nitrogens with one attached hydrogen (secondary N) is 1. The molecule has 158 valence electrons. The Morgan fingerprint density at radius 1 is 0.968 bits per heavy atom. The lowest BCUT2D eigenvalue weighted by Crippen LogP contribution is -2.13. The number of benzene rings is 2. The van der Waals surface area contributed by atoms with Crippen LogP contribution in [0.25, 0.3) is 0 Å². The Hall–Kier alpha value is -3.09. The fourth-order valence-corrected chi connectivity index (χ4v) is 3.71. The normalized spacial score (nSPS) is 11.0. The molecule has 8 heteroatoms. The summed E-state index contributed by atoms with van der Waals surface area (Å²) in [6, 6.07) is 17.0. The summed E-state index contributed by atoms with van der Waals surface area (Å²) in [5.74, 6) is 0.0352. The maximum Gasteiger partial charge on any atom is 0.256 e. The summed E-state index contributed by atoms with van der Waals surface area (Å²) in [6.45, 7) is 5.10. The van der Waals surface area contributed by atoms with Crippen molar-refractivity contribution in [3.8, 4) is 0 Å². The minimum Gasteiger partial charge on any atom is -0.304 e. The summed E-state index contributed by atoms with van der Waals surface area (Å²) in [5, 5.41) is 12.6. The van der Waals surface area contributed by atoms with Gasteiger partial charge in [0.15, 0.2) is 5.82 Å². The van der Waals surface area contributed by atoms with Crippen LogP contribution in [0, 0.1) is 13.8 Å². The third-order valence-electron chi connectivity index (χ3n) is 4.89. The van der Waals surface area contributed by atoms with Crippen molar-refractivity contribution in [2.75, 3.05) is 5.32 Å². The Balaban J connectivity index is 1.43. The molecule has 4 rings (SSSR count). The summed E-state index contributed by atoms with van der Waals surface area (Å²) >= 11 is 12.5. The van der Waals surface area contributed by atoms with Crippen molar-refractivity contribution >= 4 is 34.9 Å². The lowest BCUT2D eigenvalue weighted by atomic mass is 10.1. The number of carbonyl (C=O) groups is 1. The number of halogens is 2. The first-order valence-electron chi connectivity index (χ1n) is 9.77. The molecule has 0 fully saturated rings. The molecule has 1 N–H and O–H groups in total. The van der Waals surface area contributed by atoms with Crippen molar-refractivity contribution in [1.82, 2.24) is 19.6 Å². The molecule has 0 saturated heterocycles. The van der Waals surface area contributed by atoms with E-state index >= 15 is 0 Å². The quantitative estimate of drug-likeness (QED) is 0.427. The van der Waals surface area contributed by atoms with E-state index in [1.54, 1.807) is 23.0 Å². The Morgan fingerprint density at radius 2 is 1.71 bits per heavy atom. The van der Waals surface area contributed by atoms with Crippen molar-refractivity contribution in [2.45, 2.75) is 26.9 Å². The molecular formula is C23H21Cl2N5O. The predicted molar refractivity (Wildman–Crippen MR) is 123 cm³/mol. The molecule has 4 aromatic rings. The number of nitrogens with zero attached hydrogens (tertiary/aromatic N) is 4. The Kier molecular flexibility index (Phi) is 6.11. The van der Waals surface area contributed by atoms with Crippen LogP contribution in [0.4, 0.5) is 5.82 Å². The molecule has 2 aromatic heterocycles. The number of rotatable bonds is 6. The second-order valence-corrected chi connectivity index (χ2v) is 8.16. The average Bonchev–Trinajstić information content (AvgIpc) is 3.24. The second kappa shape index (κ2) is 8.96. The molecule has 0 unspecified atom stereocenters. The smallest absolute Gasteiger partial charge is 0.256 e. The van der Waals surface area contributed by atoms with Gasteiger partial charge in [-0.25, -0.2) is 0 Å². The fraction of sp³-hybridized carbons (Fsp3) is 0.174. The molecule has 6 nitrogen and oxygen atoms in total. The standard InChI is InChI=1S/C23H21Cl2N5O/c1-15-11-16(2)30(27-15)12-17-7-9-18(10-8-17)23(31)26-22-21(25)14-29(28-22)13-19-5-3-4-6-20(19)24/h3-11,14H,12-13H2,1-2H3,(H,26,28,31). The monoisotopic (exact) mass is 453 g/mol. The zero-order valence-corrected chi connectivity index (χ0v) is 18.7. The highest BCUT2D eigenvalue weighted by Crippen LogP contribution is 2.22. The van der Waals surface area contributed by atoms with E-state index in [0.29, 0.717) is 34.5 Å².